The van der Waals surface area contributed by atoms with Crippen LogP contribution in [0.15, 0.2) is 5.16 Å². The lowest BCUT2D eigenvalue weighted by atomic mass is 10.3. The molecule has 0 radical (unpaired) electrons. The van der Waals surface area contributed by atoms with Crippen molar-refractivity contribution in [2.45, 2.75) is 24.9 Å². The van der Waals surface area contributed by atoms with Gasteiger partial charge in [-0.25, -0.2) is 0 Å². The minimum atomic E-state index is -0.496. The van der Waals surface area contributed by atoms with Crippen LogP contribution in [0.2, 0.25) is 0 Å². The molecule has 0 aliphatic carbocycles. The van der Waals surface area contributed by atoms with Crippen LogP contribution >= 0.6 is 23.5 Å². The molecule has 2 heterocycles. The molecule has 0 unspecified atom stereocenters. The molecule has 10 heteroatoms. The van der Waals surface area contributed by atoms with Crippen LogP contribution in [0.25, 0.3) is 0 Å². The van der Waals surface area contributed by atoms with Gasteiger partial charge in [-0.15, -0.1) is 11.8 Å². The van der Waals surface area contributed by atoms with Gasteiger partial charge in [0.2, 0.25) is 5.82 Å². The van der Waals surface area contributed by atoms with Gasteiger partial charge in [0.25, 0.3) is 0 Å². The highest BCUT2D eigenvalue weighted by atomic mass is 32.2. The number of anilines is 1. The van der Waals surface area contributed by atoms with Gasteiger partial charge < -0.3 is 14.7 Å². The van der Waals surface area contributed by atoms with E-state index in [0.29, 0.717) is 19.7 Å². The summed E-state index contributed by atoms with van der Waals surface area (Å²) in [6.45, 7) is 3.72. The molecule has 1 fully saturated rings. The summed E-state index contributed by atoms with van der Waals surface area (Å²) in [4.78, 5) is 21.2. The number of hydrogen-bond acceptors (Lipinski definition) is 9. The quantitative estimate of drug-likeness (QED) is 0.171. The molecule has 1 aliphatic rings. The first kappa shape index (κ1) is 18.1. The van der Waals surface area contributed by atoms with Crippen molar-refractivity contribution >= 4 is 35.0 Å². The van der Waals surface area contributed by atoms with Crippen LogP contribution in [0.4, 0.5) is 11.5 Å². The van der Waals surface area contributed by atoms with Crippen molar-refractivity contribution in [3.8, 4) is 5.88 Å². The van der Waals surface area contributed by atoms with Crippen molar-refractivity contribution in [1.29, 1.82) is 0 Å². The SMILES string of the molecule is CCCCOc1nc(SC[O-])nc(N2CCSCC2)c1[N+](=O)[O-]. The zero-order valence-electron chi connectivity index (χ0n) is 12.9. The molecule has 0 atom stereocenters. The van der Waals surface area contributed by atoms with Crippen LogP contribution in [0, 0.1) is 10.1 Å². The molecule has 0 saturated carbocycles. The highest BCUT2D eigenvalue weighted by molar-refractivity contribution is 7.99. The van der Waals surface area contributed by atoms with E-state index >= 15 is 0 Å². The standard InChI is InChI=1S/C13H19N4O4S2/c1-2-3-6-21-12-10(17(19)20)11(14-13(15-12)23-9-18)16-4-7-22-8-5-16/h2-9H2,1H3/q-1. The maximum atomic E-state index is 11.5. The first-order chi connectivity index (χ1) is 11.2. The van der Waals surface area contributed by atoms with E-state index in [-0.39, 0.29) is 22.5 Å². The van der Waals surface area contributed by atoms with Gasteiger partial charge in [-0.1, -0.05) is 19.3 Å². The number of thioether (sulfide) groups is 2. The fourth-order valence-electron chi connectivity index (χ4n) is 2.09. The third kappa shape index (κ3) is 4.85. The van der Waals surface area contributed by atoms with Crippen molar-refractivity contribution in [3.05, 3.63) is 10.1 Å². The normalized spacial score (nSPS) is 14.8. The Kier molecular flexibility index (Phi) is 7.18. The van der Waals surface area contributed by atoms with Crippen molar-refractivity contribution in [1.82, 2.24) is 9.97 Å². The first-order valence-electron chi connectivity index (χ1n) is 7.40. The van der Waals surface area contributed by atoms with Gasteiger partial charge in [-0.2, -0.15) is 21.7 Å². The summed E-state index contributed by atoms with van der Waals surface area (Å²) in [6, 6.07) is 0. The van der Waals surface area contributed by atoms with Gasteiger partial charge in [-0.05, 0) is 6.42 Å². The lowest BCUT2D eigenvalue weighted by Gasteiger charge is -2.27. The topological polar surface area (TPSA) is 104 Å². The Morgan fingerprint density at radius 3 is 2.74 bits per heavy atom. The number of nitrogens with zero attached hydrogens (tertiary/aromatic N) is 4. The zero-order valence-corrected chi connectivity index (χ0v) is 14.5. The molecule has 1 aliphatic heterocycles. The molecular weight excluding hydrogens is 340 g/mol. The van der Waals surface area contributed by atoms with Gasteiger partial charge in [-0.3, -0.25) is 10.1 Å². The average Bonchev–Trinajstić information content (AvgIpc) is 2.55. The maximum absolute atomic E-state index is 11.5. The lowest BCUT2D eigenvalue weighted by Crippen LogP contribution is -2.34. The smallest absolute Gasteiger partial charge is 0.373 e. The van der Waals surface area contributed by atoms with E-state index in [1.807, 2.05) is 11.8 Å². The van der Waals surface area contributed by atoms with E-state index < -0.39 is 10.9 Å². The molecule has 1 aromatic rings. The second kappa shape index (κ2) is 9.14. The predicted octanol–water partition coefficient (Wildman–Crippen LogP) is 1.53. The highest BCUT2D eigenvalue weighted by Gasteiger charge is 2.30. The molecule has 0 bridgehead atoms. The van der Waals surface area contributed by atoms with Crippen LogP contribution in [0.3, 0.4) is 0 Å². The highest BCUT2D eigenvalue weighted by Crippen LogP contribution is 2.37. The summed E-state index contributed by atoms with van der Waals surface area (Å²) in [5, 5.41) is 22.6. The van der Waals surface area contributed by atoms with Gasteiger partial charge in [0.1, 0.15) is 0 Å². The second-order valence-electron chi connectivity index (χ2n) is 4.80. The van der Waals surface area contributed by atoms with Crippen LogP contribution in [0.5, 0.6) is 5.88 Å². The Morgan fingerprint density at radius 2 is 2.13 bits per heavy atom. The minimum absolute atomic E-state index is 0.0392. The molecule has 2 rings (SSSR count). The molecule has 0 amide bonds. The van der Waals surface area contributed by atoms with Gasteiger partial charge in [0.15, 0.2) is 5.16 Å². The largest absolute Gasteiger partial charge is 0.846 e. The van der Waals surface area contributed by atoms with E-state index in [0.717, 1.165) is 36.1 Å². The lowest BCUT2D eigenvalue weighted by molar-refractivity contribution is -0.385. The molecule has 0 N–H and O–H groups in total. The minimum Gasteiger partial charge on any atom is -0.846 e. The monoisotopic (exact) mass is 359 g/mol. The summed E-state index contributed by atoms with van der Waals surface area (Å²) in [6.07, 6.45) is 1.69. The van der Waals surface area contributed by atoms with Crippen LogP contribution in [-0.2, 0) is 0 Å². The Bertz CT molecular complexity index is 541. The van der Waals surface area contributed by atoms with E-state index in [1.165, 1.54) is 0 Å². The number of rotatable bonds is 8. The molecule has 128 valence electrons. The van der Waals surface area contributed by atoms with Crippen molar-refractivity contribution < 1.29 is 14.8 Å². The second-order valence-corrected chi connectivity index (χ2v) is 6.92. The Hall–Kier alpha value is -1.26. The van der Waals surface area contributed by atoms with E-state index in [1.54, 1.807) is 11.8 Å². The third-order valence-corrected chi connectivity index (χ3v) is 4.73. The summed E-state index contributed by atoms with van der Waals surface area (Å²) in [5.74, 6) is 1.55. The number of unbranched alkanes of at least 4 members (excludes halogenated alkanes) is 1. The number of aromatic nitrogens is 2. The Morgan fingerprint density at radius 1 is 1.39 bits per heavy atom. The van der Waals surface area contributed by atoms with E-state index in [2.05, 4.69) is 9.97 Å². The fraction of sp³-hybridized carbons (Fsp3) is 0.692. The summed E-state index contributed by atoms with van der Waals surface area (Å²) >= 11 is 2.72. The number of nitro groups is 1. The number of ether oxygens (including phenoxy) is 1. The van der Waals surface area contributed by atoms with E-state index in [4.69, 9.17) is 4.74 Å². The molecule has 1 saturated heterocycles. The van der Waals surface area contributed by atoms with Gasteiger partial charge in [0, 0.05) is 24.6 Å². The van der Waals surface area contributed by atoms with Crippen LogP contribution < -0.4 is 14.7 Å². The molecule has 8 nitrogen and oxygen atoms in total. The average molecular weight is 359 g/mol. The molecular formula is C13H19N4O4S2-. The molecule has 1 aromatic heterocycles. The molecule has 0 spiro atoms. The van der Waals surface area contributed by atoms with Crippen LogP contribution in [-0.4, -0.2) is 52.0 Å². The summed E-state index contributed by atoms with van der Waals surface area (Å²) < 4.78 is 5.52. The summed E-state index contributed by atoms with van der Waals surface area (Å²) in [5.41, 5.74) is -0.205. The van der Waals surface area contributed by atoms with E-state index in [9.17, 15) is 15.2 Å². The zero-order chi connectivity index (χ0) is 16.7. The van der Waals surface area contributed by atoms with Gasteiger partial charge in [0.05, 0.1) is 11.5 Å². The van der Waals surface area contributed by atoms with Gasteiger partial charge >= 0.3 is 11.6 Å². The van der Waals surface area contributed by atoms with Crippen LogP contribution in [0.1, 0.15) is 19.8 Å². The summed E-state index contributed by atoms with van der Waals surface area (Å²) in [7, 11) is 0. The fourth-order valence-corrected chi connectivity index (χ4v) is 3.40. The number of hydrogen-bond donors (Lipinski definition) is 0. The maximum Gasteiger partial charge on any atom is 0.373 e. The van der Waals surface area contributed by atoms with Crippen molar-refractivity contribution in [2.24, 2.45) is 0 Å². The first-order valence-corrected chi connectivity index (χ1v) is 9.54. The molecule has 23 heavy (non-hydrogen) atoms. The Labute approximate surface area is 143 Å². The Balaban J connectivity index is 2.40. The molecule has 0 aromatic carbocycles. The predicted molar refractivity (Wildman–Crippen MR) is 89.4 cm³/mol. The third-order valence-electron chi connectivity index (χ3n) is 3.23. The van der Waals surface area contributed by atoms with Crippen molar-refractivity contribution in [2.75, 3.05) is 42.0 Å². The van der Waals surface area contributed by atoms with Crippen molar-refractivity contribution in [3.63, 3.8) is 0 Å².